The smallest absolute Gasteiger partial charge is 0.255 e. The van der Waals surface area contributed by atoms with Crippen molar-refractivity contribution in [3.05, 3.63) is 46.2 Å². The lowest BCUT2D eigenvalue weighted by molar-refractivity contribution is -0.170. The molecular weight excluding hydrogens is 288 g/mol. The summed E-state index contributed by atoms with van der Waals surface area (Å²) in [5.41, 5.74) is 2.06. The molecule has 1 aliphatic carbocycles. The fourth-order valence-corrected chi connectivity index (χ4v) is 3.88. The number of morpholine rings is 1. The molecule has 1 saturated carbocycles. The Balaban J connectivity index is 1.66. The van der Waals surface area contributed by atoms with Crippen LogP contribution in [0, 0.1) is 0 Å². The van der Waals surface area contributed by atoms with E-state index in [1.165, 1.54) is 6.42 Å². The van der Waals surface area contributed by atoms with Crippen LogP contribution in [0.2, 0.25) is 0 Å². The van der Waals surface area contributed by atoms with Gasteiger partial charge in [-0.2, -0.15) is 0 Å². The van der Waals surface area contributed by atoms with Crippen LogP contribution in [0.15, 0.2) is 35.1 Å². The molecule has 2 heterocycles. The number of pyridine rings is 1. The average Bonchev–Trinajstić information content (AvgIpc) is 2.53. The van der Waals surface area contributed by atoms with Crippen molar-refractivity contribution in [3.8, 4) is 0 Å². The molecule has 2 aromatic rings. The maximum absolute atomic E-state index is 12.7. The number of para-hydroxylation sites is 1. The number of nitrogens with zero attached hydrogens (tertiary/aromatic N) is 2. The second-order valence-corrected chi connectivity index (χ2v) is 7.19. The Morgan fingerprint density at radius 1 is 1.30 bits per heavy atom. The first-order valence-corrected chi connectivity index (χ1v) is 8.54. The highest BCUT2D eigenvalue weighted by atomic mass is 16.5. The predicted octanol–water partition coefficient (Wildman–Crippen LogP) is 2.68. The van der Waals surface area contributed by atoms with Gasteiger partial charge in [0.05, 0.1) is 17.7 Å². The molecule has 0 bridgehead atoms. The third-order valence-corrected chi connectivity index (χ3v) is 5.59. The normalized spacial score (nSPS) is 24.0. The van der Waals surface area contributed by atoms with Gasteiger partial charge in [-0.25, -0.2) is 0 Å². The zero-order valence-corrected chi connectivity index (χ0v) is 13.9. The van der Waals surface area contributed by atoms with Crippen LogP contribution in [0.1, 0.15) is 31.7 Å². The molecule has 1 atom stereocenters. The second-order valence-electron chi connectivity index (χ2n) is 7.19. The van der Waals surface area contributed by atoms with Crippen molar-refractivity contribution in [3.63, 3.8) is 0 Å². The van der Waals surface area contributed by atoms with E-state index in [-0.39, 0.29) is 11.2 Å². The monoisotopic (exact) mass is 312 g/mol. The largest absolute Gasteiger partial charge is 0.372 e. The number of hydrogen-bond acceptors (Lipinski definition) is 3. The first-order chi connectivity index (χ1) is 11.1. The van der Waals surface area contributed by atoms with E-state index < -0.39 is 0 Å². The molecule has 4 rings (SSSR count). The van der Waals surface area contributed by atoms with Crippen LogP contribution < -0.4 is 5.56 Å². The molecule has 2 fully saturated rings. The van der Waals surface area contributed by atoms with Crippen molar-refractivity contribution in [1.82, 2.24) is 9.47 Å². The van der Waals surface area contributed by atoms with E-state index in [1.54, 1.807) is 4.57 Å². The number of ether oxygens (including phenoxy) is 1. The Morgan fingerprint density at radius 2 is 2.09 bits per heavy atom. The summed E-state index contributed by atoms with van der Waals surface area (Å²) in [6.07, 6.45) is 3.58. The molecule has 1 saturated heterocycles. The SMILES string of the molecule is CC1COC2(CCC2)CN1Cc1cc2ccccc2n(C)c1=O. The lowest BCUT2D eigenvalue weighted by Gasteiger charge is -2.50. The minimum Gasteiger partial charge on any atom is -0.372 e. The molecule has 0 N–H and O–H groups in total. The van der Waals surface area contributed by atoms with Crippen LogP contribution in [0.3, 0.4) is 0 Å². The van der Waals surface area contributed by atoms with Crippen molar-refractivity contribution >= 4 is 10.9 Å². The molecule has 1 aromatic carbocycles. The standard InChI is InChI=1S/C19H24N2O2/c1-14-12-23-19(8-5-9-19)13-21(14)11-16-10-15-6-3-4-7-17(15)20(2)18(16)22/h3-4,6-7,10,14H,5,8-9,11-13H2,1-2H3. The first kappa shape index (κ1) is 14.9. The summed E-state index contributed by atoms with van der Waals surface area (Å²) in [7, 11) is 1.87. The predicted molar refractivity (Wildman–Crippen MR) is 91.6 cm³/mol. The van der Waals surface area contributed by atoms with Gasteiger partial charge in [-0.3, -0.25) is 9.69 Å². The molecule has 1 aromatic heterocycles. The number of aryl methyl sites for hydroxylation is 1. The minimum absolute atomic E-state index is 0.0641. The van der Waals surface area contributed by atoms with Gasteiger partial charge in [0, 0.05) is 31.7 Å². The fraction of sp³-hybridized carbons (Fsp3) is 0.526. The topological polar surface area (TPSA) is 34.5 Å². The molecule has 4 nitrogen and oxygen atoms in total. The number of hydrogen-bond donors (Lipinski definition) is 0. The van der Waals surface area contributed by atoms with Crippen molar-refractivity contribution in [2.24, 2.45) is 7.05 Å². The second kappa shape index (κ2) is 5.46. The van der Waals surface area contributed by atoms with Crippen molar-refractivity contribution in [2.75, 3.05) is 13.2 Å². The van der Waals surface area contributed by atoms with Crippen LogP contribution in [-0.4, -0.2) is 34.3 Å². The van der Waals surface area contributed by atoms with Gasteiger partial charge < -0.3 is 9.30 Å². The van der Waals surface area contributed by atoms with Crippen LogP contribution in [0.5, 0.6) is 0 Å². The van der Waals surface area contributed by atoms with Crippen LogP contribution in [0.25, 0.3) is 10.9 Å². The summed E-state index contributed by atoms with van der Waals surface area (Å²) in [4.78, 5) is 15.1. The highest BCUT2D eigenvalue weighted by Crippen LogP contribution is 2.39. The van der Waals surface area contributed by atoms with Gasteiger partial charge in [0.25, 0.3) is 5.56 Å². The molecule has 122 valence electrons. The van der Waals surface area contributed by atoms with Crippen LogP contribution >= 0.6 is 0 Å². The van der Waals surface area contributed by atoms with E-state index in [4.69, 9.17) is 4.74 Å². The van der Waals surface area contributed by atoms with E-state index in [0.29, 0.717) is 12.6 Å². The Bertz CT molecular complexity index is 792. The molecule has 1 unspecified atom stereocenters. The summed E-state index contributed by atoms with van der Waals surface area (Å²) in [5, 5.41) is 1.13. The number of aromatic nitrogens is 1. The minimum atomic E-state index is 0.0641. The Kier molecular flexibility index (Phi) is 3.54. The Morgan fingerprint density at radius 3 is 2.83 bits per heavy atom. The first-order valence-electron chi connectivity index (χ1n) is 8.54. The summed E-state index contributed by atoms with van der Waals surface area (Å²) in [6.45, 7) is 4.62. The highest BCUT2D eigenvalue weighted by Gasteiger charge is 2.43. The number of rotatable bonds is 2. The quantitative estimate of drug-likeness (QED) is 0.855. The number of benzene rings is 1. The lowest BCUT2D eigenvalue weighted by atomic mass is 9.78. The van der Waals surface area contributed by atoms with Gasteiger partial charge in [-0.1, -0.05) is 18.2 Å². The van der Waals surface area contributed by atoms with Gasteiger partial charge in [0.1, 0.15) is 0 Å². The molecule has 1 aliphatic heterocycles. The molecule has 2 aliphatic rings. The van der Waals surface area contributed by atoms with E-state index in [1.807, 2.05) is 25.2 Å². The summed E-state index contributed by atoms with van der Waals surface area (Å²) in [5.74, 6) is 0. The van der Waals surface area contributed by atoms with E-state index >= 15 is 0 Å². The summed E-state index contributed by atoms with van der Waals surface area (Å²) < 4.78 is 7.85. The van der Waals surface area contributed by atoms with Gasteiger partial charge in [-0.05, 0) is 43.7 Å². The fourth-order valence-electron chi connectivity index (χ4n) is 3.88. The number of fused-ring (bicyclic) bond motifs is 1. The molecule has 0 radical (unpaired) electrons. The van der Waals surface area contributed by atoms with Crippen LogP contribution in [-0.2, 0) is 18.3 Å². The maximum atomic E-state index is 12.7. The molecule has 1 spiro atoms. The van der Waals surface area contributed by atoms with Gasteiger partial charge in [-0.15, -0.1) is 0 Å². The van der Waals surface area contributed by atoms with E-state index in [9.17, 15) is 4.79 Å². The van der Waals surface area contributed by atoms with E-state index in [2.05, 4.69) is 24.0 Å². The lowest BCUT2D eigenvalue weighted by Crippen LogP contribution is -2.58. The maximum Gasteiger partial charge on any atom is 0.255 e. The van der Waals surface area contributed by atoms with E-state index in [0.717, 1.165) is 42.5 Å². The van der Waals surface area contributed by atoms with Gasteiger partial charge >= 0.3 is 0 Å². The molecule has 4 heteroatoms. The molecule has 0 amide bonds. The summed E-state index contributed by atoms with van der Waals surface area (Å²) in [6, 6.07) is 10.5. The van der Waals surface area contributed by atoms with Crippen molar-refractivity contribution < 1.29 is 4.74 Å². The third-order valence-electron chi connectivity index (χ3n) is 5.59. The summed E-state index contributed by atoms with van der Waals surface area (Å²) >= 11 is 0. The average molecular weight is 312 g/mol. The van der Waals surface area contributed by atoms with Crippen LogP contribution in [0.4, 0.5) is 0 Å². The molecule has 23 heavy (non-hydrogen) atoms. The van der Waals surface area contributed by atoms with Crippen molar-refractivity contribution in [1.29, 1.82) is 0 Å². The zero-order chi connectivity index (χ0) is 16.0. The van der Waals surface area contributed by atoms with Gasteiger partial charge in [0.15, 0.2) is 0 Å². The Labute approximate surface area is 136 Å². The van der Waals surface area contributed by atoms with Gasteiger partial charge in [0.2, 0.25) is 0 Å². The third kappa shape index (κ3) is 2.50. The highest BCUT2D eigenvalue weighted by molar-refractivity contribution is 5.79. The zero-order valence-electron chi connectivity index (χ0n) is 13.9. The molecular formula is C19H24N2O2. The van der Waals surface area contributed by atoms with Crippen molar-refractivity contribution in [2.45, 2.75) is 44.4 Å². The Hall–Kier alpha value is -1.65.